The molecule has 1 aliphatic carbocycles. The zero-order chi connectivity index (χ0) is 17.2. The van der Waals surface area contributed by atoms with Gasteiger partial charge in [0.25, 0.3) is 5.91 Å². The number of hydrogen-bond acceptors (Lipinski definition) is 3. The molecule has 1 aliphatic rings. The lowest BCUT2D eigenvalue weighted by Gasteiger charge is -2.19. The Balaban J connectivity index is 1.62. The van der Waals surface area contributed by atoms with Crippen molar-refractivity contribution in [2.75, 3.05) is 7.11 Å². The fourth-order valence-corrected chi connectivity index (χ4v) is 3.22. The molecular weight excluding hydrogens is 312 g/mol. The molecule has 126 valence electrons. The standard InChI is InChI=1S/C21H20N2O2/c1-25-17-11-9-16(10-12-17)19(15-7-8-15)23-21(24)18-6-2-4-14-5-3-13-22-20(14)18/h2-6,9-13,15,19H,7-8H2,1H3,(H,23,24). The van der Waals surface area contributed by atoms with Crippen molar-refractivity contribution < 1.29 is 9.53 Å². The maximum Gasteiger partial charge on any atom is 0.253 e. The Labute approximate surface area is 146 Å². The number of aromatic nitrogens is 1. The number of carbonyl (C=O) groups excluding carboxylic acids is 1. The number of para-hydroxylation sites is 1. The van der Waals surface area contributed by atoms with Crippen LogP contribution in [0.15, 0.2) is 60.8 Å². The number of pyridine rings is 1. The fraction of sp³-hybridized carbons (Fsp3) is 0.238. The molecule has 1 unspecified atom stereocenters. The maximum absolute atomic E-state index is 12.9. The number of ether oxygens (including phenoxy) is 1. The predicted octanol–water partition coefficient (Wildman–Crippen LogP) is 4.12. The molecule has 1 aromatic heterocycles. The summed E-state index contributed by atoms with van der Waals surface area (Å²) in [6, 6.07) is 17.5. The minimum Gasteiger partial charge on any atom is -0.497 e. The van der Waals surface area contributed by atoms with Crippen LogP contribution < -0.4 is 10.1 Å². The Bertz CT molecular complexity index is 896. The normalized spacial score (nSPS) is 14.9. The van der Waals surface area contributed by atoms with Crippen molar-refractivity contribution in [2.24, 2.45) is 5.92 Å². The first-order chi connectivity index (χ1) is 12.3. The second-order valence-electron chi connectivity index (χ2n) is 6.44. The van der Waals surface area contributed by atoms with Gasteiger partial charge in [0.05, 0.1) is 24.2 Å². The van der Waals surface area contributed by atoms with Crippen LogP contribution in [0.4, 0.5) is 0 Å². The molecule has 1 fully saturated rings. The molecule has 1 N–H and O–H groups in total. The summed E-state index contributed by atoms with van der Waals surface area (Å²) < 4.78 is 5.23. The summed E-state index contributed by atoms with van der Waals surface area (Å²) in [6.45, 7) is 0. The van der Waals surface area contributed by atoms with E-state index in [-0.39, 0.29) is 11.9 Å². The van der Waals surface area contributed by atoms with Crippen molar-refractivity contribution in [3.8, 4) is 5.75 Å². The van der Waals surface area contributed by atoms with Gasteiger partial charge in [0, 0.05) is 11.6 Å². The van der Waals surface area contributed by atoms with Crippen LogP contribution >= 0.6 is 0 Å². The molecule has 1 heterocycles. The molecule has 2 aromatic carbocycles. The number of hydrogen-bond donors (Lipinski definition) is 1. The second kappa shape index (κ2) is 6.55. The Morgan fingerprint density at radius 2 is 1.88 bits per heavy atom. The molecule has 1 saturated carbocycles. The zero-order valence-electron chi connectivity index (χ0n) is 14.1. The van der Waals surface area contributed by atoms with E-state index >= 15 is 0 Å². The Morgan fingerprint density at radius 1 is 1.12 bits per heavy atom. The lowest BCUT2D eigenvalue weighted by atomic mass is 10.0. The molecule has 3 aromatic rings. The lowest BCUT2D eigenvalue weighted by Crippen LogP contribution is -2.30. The van der Waals surface area contributed by atoms with Crippen molar-refractivity contribution in [1.82, 2.24) is 10.3 Å². The first-order valence-electron chi connectivity index (χ1n) is 8.55. The number of methoxy groups -OCH3 is 1. The van der Waals surface area contributed by atoms with Crippen LogP contribution in [0.5, 0.6) is 5.75 Å². The molecule has 1 amide bonds. The van der Waals surface area contributed by atoms with Crippen molar-refractivity contribution in [2.45, 2.75) is 18.9 Å². The van der Waals surface area contributed by atoms with Gasteiger partial charge in [0.1, 0.15) is 5.75 Å². The summed E-state index contributed by atoms with van der Waals surface area (Å²) in [7, 11) is 1.66. The average Bonchev–Trinajstić information content (AvgIpc) is 3.50. The minimum atomic E-state index is -0.0722. The quantitative estimate of drug-likeness (QED) is 0.764. The number of amides is 1. The highest BCUT2D eigenvalue weighted by atomic mass is 16.5. The highest BCUT2D eigenvalue weighted by Gasteiger charge is 2.33. The van der Waals surface area contributed by atoms with Gasteiger partial charge in [-0.25, -0.2) is 0 Å². The van der Waals surface area contributed by atoms with E-state index in [2.05, 4.69) is 10.3 Å². The summed E-state index contributed by atoms with van der Waals surface area (Å²) in [5.74, 6) is 1.25. The van der Waals surface area contributed by atoms with E-state index in [1.54, 1.807) is 13.3 Å². The minimum absolute atomic E-state index is 0.0253. The largest absolute Gasteiger partial charge is 0.497 e. The monoisotopic (exact) mass is 332 g/mol. The fourth-order valence-electron chi connectivity index (χ4n) is 3.22. The van der Waals surface area contributed by atoms with Gasteiger partial charge in [-0.05, 0) is 48.6 Å². The number of benzene rings is 2. The van der Waals surface area contributed by atoms with E-state index in [0.717, 1.165) is 35.1 Å². The van der Waals surface area contributed by atoms with Crippen LogP contribution in [0.3, 0.4) is 0 Å². The van der Waals surface area contributed by atoms with Gasteiger partial charge in [-0.3, -0.25) is 9.78 Å². The summed E-state index contributed by atoms with van der Waals surface area (Å²) >= 11 is 0. The maximum atomic E-state index is 12.9. The molecule has 1 atom stereocenters. The average molecular weight is 332 g/mol. The van der Waals surface area contributed by atoms with Crippen LogP contribution in [0.1, 0.15) is 34.8 Å². The Kier molecular flexibility index (Phi) is 4.10. The SMILES string of the molecule is COc1ccc(C(NC(=O)c2cccc3cccnc23)C2CC2)cc1. The van der Waals surface area contributed by atoms with Crippen molar-refractivity contribution in [3.05, 3.63) is 71.9 Å². The van der Waals surface area contributed by atoms with Crippen molar-refractivity contribution in [1.29, 1.82) is 0 Å². The van der Waals surface area contributed by atoms with Gasteiger partial charge in [-0.15, -0.1) is 0 Å². The smallest absolute Gasteiger partial charge is 0.253 e. The molecule has 0 spiro atoms. The third-order valence-corrected chi connectivity index (χ3v) is 4.73. The third-order valence-electron chi connectivity index (χ3n) is 4.73. The number of rotatable bonds is 5. The van der Waals surface area contributed by atoms with E-state index in [1.807, 2.05) is 54.6 Å². The molecule has 4 rings (SSSR count). The van der Waals surface area contributed by atoms with E-state index in [4.69, 9.17) is 4.74 Å². The van der Waals surface area contributed by atoms with Crippen LogP contribution in [-0.2, 0) is 0 Å². The molecule has 4 nitrogen and oxygen atoms in total. The molecule has 4 heteroatoms. The van der Waals surface area contributed by atoms with Crippen molar-refractivity contribution >= 4 is 16.8 Å². The third kappa shape index (κ3) is 3.20. The molecule has 0 bridgehead atoms. The van der Waals surface area contributed by atoms with Crippen LogP contribution in [0, 0.1) is 5.92 Å². The summed E-state index contributed by atoms with van der Waals surface area (Å²) in [5.41, 5.74) is 2.48. The lowest BCUT2D eigenvalue weighted by molar-refractivity contribution is 0.0933. The summed E-state index contributed by atoms with van der Waals surface area (Å²) in [4.78, 5) is 17.3. The highest BCUT2D eigenvalue weighted by molar-refractivity contribution is 6.05. The number of carbonyl (C=O) groups is 1. The molecule has 0 saturated heterocycles. The van der Waals surface area contributed by atoms with Gasteiger partial charge in [0.2, 0.25) is 0 Å². The van der Waals surface area contributed by atoms with Crippen LogP contribution in [0.25, 0.3) is 10.9 Å². The van der Waals surface area contributed by atoms with Gasteiger partial charge < -0.3 is 10.1 Å². The Hall–Kier alpha value is -2.88. The summed E-state index contributed by atoms with van der Waals surface area (Å²) in [6.07, 6.45) is 4.01. The second-order valence-corrected chi connectivity index (χ2v) is 6.44. The topological polar surface area (TPSA) is 51.2 Å². The predicted molar refractivity (Wildman–Crippen MR) is 97.7 cm³/mol. The van der Waals surface area contributed by atoms with E-state index in [1.165, 1.54) is 0 Å². The number of nitrogens with one attached hydrogen (secondary N) is 1. The summed E-state index contributed by atoms with van der Waals surface area (Å²) in [5, 5.41) is 4.20. The molecule has 0 aliphatic heterocycles. The Morgan fingerprint density at radius 3 is 2.60 bits per heavy atom. The molecule has 0 radical (unpaired) electrons. The van der Waals surface area contributed by atoms with E-state index in [0.29, 0.717) is 11.5 Å². The van der Waals surface area contributed by atoms with Gasteiger partial charge in [-0.2, -0.15) is 0 Å². The van der Waals surface area contributed by atoms with Gasteiger partial charge in [0.15, 0.2) is 0 Å². The highest BCUT2D eigenvalue weighted by Crippen LogP contribution is 2.41. The first kappa shape index (κ1) is 15.6. The van der Waals surface area contributed by atoms with Gasteiger partial charge >= 0.3 is 0 Å². The van der Waals surface area contributed by atoms with Crippen LogP contribution in [-0.4, -0.2) is 18.0 Å². The number of fused-ring (bicyclic) bond motifs is 1. The van der Waals surface area contributed by atoms with E-state index < -0.39 is 0 Å². The van der Waals surface area contributed by atoms with Crippen LogP contribution in [0.2, 0.25) is 0 Å². The molecular formula is C21H20N2O2. The van der Waals surface area contributed by atoms with Gasteiger partial charge in [-0.1, -0.05) is 30.3 Å². The zero-order valence-corrected chi connectivity index (χ0v) is 14.1. The molecule has 25 heavy (non-hydrogen) atoms. The van der Waals surface area contributed by atoms with E-state index in [9.17, 15) is 4.79 Å². The number of nitrogens with zero attached hydrogens (tertiary/aromatic N) is 1. The first-order valence-corrected chi connectivity index (χ1v) is 8.55. The van der Waals surface area contributed by atoms with Crippen molar-refractivity contribution in [3.63, 3.8) is 0 Å².